The van der Waals surface area contributed by atoms with E-state index in [4.69, 9.17) is 0 Å². The number of aromatic nitrogens is 3. The van der Waals surface area contributed by atoms with Gasteiger partial charge in [0.1, 0.15) is 5.82 Å². The molecule has 0 saturated heterocycles. The third-order valence-electron chi connectivity index (χ3n) is 1.72. The first kappa shape index (κ1) is 9.21. The average Bonchev–Trinajstić information content (AvgIpc) is 2.61. The molecule has 0 fully saturated rings. The Morgan fingerprint density at radius 1 is 1.57 bits per heavy atom. The van der Waals surface area contributed by atoms with Crippen LogP contribution < -0.4 is 5.32 Å². The van der Waals surface area contributed by atoms with Crippen molar-refractivity contribution in [3.63, 3.8) is 0 Å². The van der Waals surface area contributed by atoms with Crippen LogP contribution in [0.1, 0.15) is 0 Å². The summed E-state index contributed by atoms with van der Waals surface area (Å²) in [4.78, 5) is 4.33. The fourth-order valence-electron chi connectivity index (χ4n) is 1.10. The molecule has 0 aliphatic heterocycles. The lowest BCUT2D eigenvalue weighted by Crippen LogP contribution is -2.03. The van der Waals surface area contributed by atoms with E-state index in [2.05, 4.69) is 37.9 Å². The summed E-state index contributed by atoms with van der Waals surface area (Å²) in [6, 6.07) is 3.73. The van der Waals surface area contributed by atoms with Crippen molar-refractivity contribution in [3.05, 3.63) is 35.6 Å². The zero-order chi connectivity index (χ0) is 9.97. The topological polar surface area (TPSA) is 42.2 Å². The molecule has 72 valence electrons. The number of nitrogens with zero attached hydrogens (tertiary/aromatic N) is 3. The number of fused-ring (bicyclic) bond motifs is 1. The lowest BCUT2D eigenvalue weighted by Gasteiger charge is -2.03. The van der Waals surface area contributed by atoms with Gasteiger partial charge in [0.15, 0.2) is 5.65 Å². The highest BCUT2D eigenvalue weighted by molar-refractivity contribution is 9.11. The van der Waals surface area contributed by atoms with Crippen molar-refractivity contribution in [2.45, 2.75) is 0 Å². The molecule has 0 aliphatic carbocycles. The Hall–Kier alpha value is -1.36. The fourth-order valence-corrected chi connectivity index (χ4v) is 1.24. The molecule has 2 heterocycles. The van der Waals surface area contributed by atoms with Gasteiger partial charge in [0, 0.05) is 23.3 Å². The maximum Gasteiger partial charge on any atom is 0.157 e. The summed E-state index contributed by atoms with van der Waals surface area (Å²) in [7, 11) is 0. The lowest BCUT2D eigenvalue weighted by molar-refractivity contribution is 0.939. The van der Waals surface area contributed by atoms with Crippen molar-refractivity contribution >= 4 is 27.4 Å². The molecule has 1 N–H and O–H groups in total. The number of hydrogen-bond donors (Lipinski definition) is 1. The Labute approximate surface area is 89.8 Å². The second-order valence-electron chi connectivity index (χ2n) is 2.82. The standard InChI is InChI=1S/C9H9BrN4/c1-7(10)6-11-8-3-5-14-9(13-8)2-4-12-14/h2-5H,1,6H2,(H,11,13). The highest BCUT2D eigenvalue weighted by Gasteiger charge is 1.97. The molecule has 0 bridgehead atoms. The summed E-state index contributed by atoms with van der Waals surface area (Å²) in [5.74, 6) is 0.818. The minimum absolute atomic E-state index is 0.664. The smallest absolute Gasteiger partial charge is 0.157 e. The Balaban J connectivity index is 2.21. The van der Waals surface area contributed by atoms with Crippen LogP contribution in [-0.4, -0.2) is 21.1 Å². The van der Waals surface area contributed by atoms with E-state index < -0.39 is 0 Å². The van der Waals surface area contributed by atoms with E-state index in [1.54, 1.807) is 10.7 Å². The molecule has 14 heavy (non-hydrogen) atoms. The minimum atomic E-state index is 0.664. The predicted octanol–water partition coefficient (Wildman–Crippen LogP) is 2.05. The molecule has 5 heteroatoms. The van der Waals surface area contributed by atoms with Gasteiger partial charge in [-0.3, -0.25) is 0 Å². The van der Waals surface area contributed by atoms with Crippen molar-refractivity contribution in [2.24, 2.45) is 0 Å². The normalized spacial score (nSPS) is 10.4. The van der Waals surface area contributed by atoms with Gasteiger partial charge in [0.05, 0.1) is 6.20 Å². The van der Waals surface area contributed by atoms with Gasteiger partial charge in [0.25, 0.3) is 0 Å². The summed E-state index contributed by atoms with van der Waals surface area (Å²) >= 11 is 3.27. The highest BCUT2D eigenvalue weighted by Crippen LogP contribution is 2.07. The summed E-state index contributed by atoms with van der Waals surface area (Å²) in [6.45, 7) is 4.40. The van der Waals surface area contributed by atoms with Crippen LogP contribution in [0.15, 0.2) is 35.6 Å². The van der Waals surface area contributed by atoms with Crippen molar-refractivity contribution in [2.75, 3.05) is 11.9 Å². The van der Waals surface area contributed by atoms with E-state index in [-0.39, 0.29) is 0 Å². The zero-order valence-electron chi connectivity index (χ0n) is 7.44. The first-order chi connectivity index (χ1) is 6.75. The number of rotatable bonds is 3. The van der Waals surface area contributed by atoms with Crippen molar-refractivity contribution in [3.8, 4) is 0 Å². The molecule has 2 rings (SSSR count). The molecule has 0 atom stereocenters. The van der Waals surface area contributed by atoms with Crippen LogP contribution in [0.4, 0.5) is 5.82 Å². The molecule has 2 aromatic heterocycles. The summed E-state index contributed by atoms with van der Waals surface area (Å²) in [5.41, 5.74) is 0.829. The second-order valence-corrected chi connectivity index (χ2v) is 3.94. The SMILES string of the molecule is C=C(Br)CNc1ccn2nccc2n1. The summed E-state index contributed by atoms with van der Waals surface area (Å²) in [6.07, 6.45) is 3.58. The Morgan fingerprint density at radius 3 is 3.21 bits per heavy atom. The number of anilines is 1. The van der Waals surface area contributed by atoms with Crippen molar-refractivity contribution in [1.29, 1.82) is 0 Å². The maximum absolute atomic E-state index is 4.33. The van der Waals surface area contributed by atoms with E-state index in [9.17, 15) is 0 Å². The monoisotopic (exact) mass is 252 g/mol. The van der Waals surface area contributed by atoms with Gasteiger partial charge in [-0.1, -0.05) is 22.5 Å². The van der Waals surface area contributed by atoms with Crippen molar-refractivity contribution < 1.29 is 0 Å². The van der Waals surface area contributed by atoms with E-state index in [1.807, 2.05) is 18.3 Å². The largest absolute Gasteiger partial charge is 0.365 e. The van der Waals surface area contributed by atoms with E-state index >= 15 is 0 Å². The Kier molecular flexibility index (Phi) is 2.49. The fraction of sp³-hybridized carbons (Fsp3) is 0.111. The number of hydrogen-bond acceptors (Lipinski definition) is 3. The van der Waals surface area contributed by atoms with E-state index in [0.29, 0.717) is 6.54 Å². The van der Waals surface area contributed by atoms with Crippen molar-refractivity contribution in [1.82, 2.24) is 14.6 Å². The van der Waals surface area contributed by atoms with E-state index in [1.165, 1.54) is 0 Å². The lowest BCUT2D eigenvalue weighted by atomic mass is 10.5. The Morgan fingerprint density at radius 2 is 2.43 bits per heavy atom. The first-order valence-corrected chi connectivity index (χ1v) is 4.92. The highest BCUT2D eigenvalue weighted by atomic mass is 79.9. The molecular weight excluding hydrogens is 244 g/mol. The van der Waals surface area contributed by atoms with Gasteiger partial charge < -0.3 is 5.32 Å². The molecule has 4 nitrogen and oxygen atoms in total. The van der Waals surface area contributed by atoms with Gasteiger partial charge in [-0.05, 0) is 6.07 Å². The molecule has 0 saturated carbocycles. The molecule has 0 radical (unpaired) electrons. The van der Waals surface area contributed by atoms with Crippen LogP contribution in [0.3, 0.4) is 0 Å². The number of nitrogens with one attached hydrogen (secondary N) is 1. The summed E-state index contributed by atoms with van der Waals surface area (Å²) in [5, 5.41) is 7.18. The van der Waals surface area contributed by atoms with Crippen LogP contribution in [0.2, 0.25) is 0 Å². The summed E-state index contributed by atoms with van der Waals surface area (Å²) < 4.78 is 2.61. The average molecular weight is 253 g/mol. The molecule has 0 unspecified atom stereocenters. The third-order valence-corrected chi connectivity index (χ3v) is 2.00. The molecule has 0 aliphatic rings. The number of halogens is 1. The predicted molar refractivity (Wildman–Crippen MR) is 59.5 cm³/mol. The van der Waals surface area contributed by atoms with Gasteiger partial charge in [-0.2, -0.15) is 5.10 Å². The quantitative estimate of drug-likeness (QED) is 0.910. The van der Waals surface area contributed by atoms with Gasteiger partial charge in [-0.25, -0.2) is 9.50 Å². The zero-order valence-corrected chi connectivity index (χ0v) is 9.03. The maximum atomic E-state index is 4.33. The Bertz CT molecular complexity index is 463. The molecule has 2 aromatic rings. The second kappa shape index (κ2) is 3.79. The van der Waals surface area contributed by atoms with Gasteiger partial charge in [-0.15, -0.1) is 0 Å². The van der Waals surface area contributed by atoms with Crippen LogP contribution in [0.5, 0.6) is 0 Å². The van der Waals surface area contributed by atoms with Crippen LogP contribution in [0.25, 0.3) is 5.65 Å². The molecule has 0 aromatic carbocycles. The molecule has 0 amide bonds. The van der Waals surface area contributed by atoms with Crippen LogP contribution in [0, 0.1) is 0 Å². The minimum Gasteiger partial charge on any atom is -0.365 e. The molecule has 0 spiro atoms. The van der Waals surface area contributed by atoms with Gasteiger partial charge in [0.2, 0.25) is 0 Å². The van der Waals surface area contributed by atoms with Crippen LogP contribution in [-0.2, 0) is 0 Å². The third kappa shape index (κ3) is 1.93. The van der Waals surface area contributed by atoms with E-state index in [0.717, 1.165) is 15.9 Å². The first-order valence-electron chi connectivity index (χ1n) is 4.13. The molecular formula is C9H9BrN4. The van der Waals surface area contributed by atoms with Gasteiger partial charge >= 0.3 is 0 Å². The van der Waals surface area contributed by atoms with Crippen LogP contribution >= 0.6 is 15.9 Å².